The first kappa shape index (κ1) is 21.0. The molecule has 2 aliphatic rings. The maximum Gasteiger partial charge on any atom is 0.261 e. The third kappa shape index (κ3) is 4.45. The van der Waals surface area contributed by atoms with Crippen molar-refractivity contribution >= 4 is 17.6 Å². The maximum absolute atomic E-state index is 12.9. The predicted molar refractivity (Wildman–Crippen MR) is 116 cm³/mol. The van der Waals surface area contributed by atoms with Crippen LogP contribution < -0.4 is 10.9 Å². The van der Waals surface area contributed by atoms with Crippen molar-refractivity contribution in [1.82, 2.24) is 15.2 Å². The zero-order valence-electron chi connectivity index (χ0n) is 17.9. The van der Waals surface area contributed by atoms with E-state index >= 15 is 0 Å². The van der Waals surface area contributed by atoms with E-state index in [-0.39, 0.29) is 28.7 Å². The highest BCUT2D eigenvalue weighted by molar-refractivity contribution is 6.02. The van der Waals surface area contributed by atoms with Crippen molar-refractivity contribution in [2.24, 2.45) is 5.41 Å². The van der Waals surface area contributed by atoms with Crippen molar-refractivity contribution in [2.45, 2.75) is 45.6 Å². The summed E-state index contributed by atoms with van der Waals surface area (Å²) in [4.78, 5) is 55.1. The van der Waals surface area contributed by atoms with E-state index in [4.69, 9.17) is 0 Å². The molecule has 162 valence electrons. The quantitative estimate of drug-likeness (QED) is 0.796. The molecule has 7 heteroatoms. The Hall–Kier alpha value is -3.22. The molecule has 1 aromatic heterocycles. The second-order valence-corrected chi connectivity index (χ2v) is 9.28. The van der Waals surface area contributed by atoms with Crippen LogP contribution in [0.25, 0.3) is 0 Å². The molecular formula is C24H27N3O4. The average Bonchev–Trinajstić information content (AvgIpc) is 2.72. The number of carbonyl (C=O) groups is 3. The second-order valence-electron chi connectivity index (χ2n) is 9.28. The van der Waals surface area contributed by atoms with E-state index in [1.54, 1.807) is 17.0 Å². The Morgan fingerprint density at radius 3 is 2.61 bits per heavy atom. The summed E-state index contributed by atoms with van der Waals surface area (Å²) < 4.78 is 0. The number of ketones is 1. The minimum absolute atomic E-state index is 0.0571. The standard InChI is InChI=1S/C24H27N3O4/c1-24(2)12-19-17(20(28)13-24)11-18(22(30)26-19)21(29)25-16-9-6-10-27(14-16)23(31)15-7-4-3-5-8-15/h3-5,7-8,11,16H,6,9-10,12-14H2,1-2H3,(H,25,29)(H,26,30). The third-order valence-electron chi connectivity index (χ3n) is 6.03. The summed E-state index contributed by atoms with van der Waals surface area (Å²) in [6.45, 7) is 4.98. The van der Waals surface area contributed by atoms with Gasteiger partial charge in [-0.25, -0.2) is 0 Å². The van der Waals surface area contributed by atoms with Crippen LogP contribution in [0.15, 0.2) is 41.2 Å². The van der Waals surface area contributed by atoms with Gasteiger partial charge in [-0.1, -0.05) is 32.0 Å². The second kappa shape index (κ2) is 8.13. The van der Waals surface area contributed by atoms with E-state index in [9.17, 15) is 19.2 Å². The summed E-state index contributed by atoms with van der Waals surface area (Å²) in [6.07, 6.45) is 2.45. The van der Waals surface area contributed by atoms with Crippen LogP contribution in [0.2, 0.25) is 0 Å². The van der Waals surface area contributed by atoms with Gasteiger partial charge < -0.3 is 15.2 Å². The Morgan fingerprint density at radius 2 is 1.87 bits per heavy atom. The number of piperidine rings is 1. The fourth-order valence-electron chi connectivity index (χ4n) is 4.50. The summed E-state index contributed by atoms with van der Waals surface area (Å²) in [6, 6.07) is 10.2. The van der Waals surface area contributed by atoms with Crippen LogP contribution in [-0.4, -0.2) is 46.6 Å². The van der Waals surface area contributed by atoms with Crippen LogP contribution in [0.5, 0.6) is 0 Å². The van der Waals surface area contributed by atoms with E-state index < -0.39 is 11.5 Å². The highest BCUT2D eigenvalue weighted by Gasteiger charge is 2.33. The zero-order valence-corrected chi connectivity index (χ0v) is 17.9. The molecule has 1 aliphatic carbocycles. The Kier molecular flexibility index (Phi) is 5.52. The van der Waals surface area contributed by atoms with Gasteiger partial charge in [0.1, 0.15) is 5.56 Å². The minimum Gasteiger partial charge on any atom is -0.347 e. The molecule has 2 aromatic rings. The molecule has 2 amide bonds. The Bertz CT molecular complexity index is 1090. The van der Waals surface area contributed by atoms with Crippen LogP contribution in [0, 0.1) is 5.41 Å². The monoisotopic (exact) mass is 421 g/mol. The number of nitrogens with one attached hydrogen (secondary N) is 2. The summed E-state index contributed by atoms with van der Waals surface area (Å²) in [7, 11) is 0. The number of Topliss-reactive ketones (excluding diaryl/α,β-unsaturated/α-hetero) is 1. The van der Waals surface area contributed by atoms with Crippen LogP contribution in [0.1, 0.15) is 69.9 Å². The molecule has 1 aliphatic heterocycles. The fraction of sp³-hybridized carbons (Fsp3) is 0.417. The topological polar surface area (TPSA) is 99.3 Å². The lowest BCUT2D eigenvalue weighted by Crippen LogP contribution is -2.50. The van der Waals surface area contributed by atoms with Crippen LogP contribution in [-0.2, 0) is 6.42 Å². The van der Waals surface area contributed by atoms with E-state index in [1.165, 1.54) is 6.07 Å². The van der Waals surface area contributed by atoms with Crippen LogP contribution >= 0.6 is 0 Å². The van der Waals surface area contributed by atoms with Crippen LogP contribution in [0.3, 0.4) is 0 Å². The Morgan fingerprint density at radius 1 is 1.13 bits per heavy atom. The molecule has 0 spiro atoms. The van der Waals surface area contributed by atoms with Gasteiger partial charge >= 0.3 is 0 Å². The molecule has 1 aromatic carbocycles. The number of aromatic amines is 1. The lowest BCUT2D eigenvalue weighted by molar-refractivity contribution is 0.0675. The maximum atomic E-state index is 12.9. The number of hydrogen-bond donors (Lipinski definition) is 2. The summed E-state index contributed by atoms with van der Waals surface area (Å²) in [5.41, 5.74) is 0.872. The van der Waals surface area contributed by atoms with Gasteiger partial charge in [0.15, 0.2) is 5.78 Å². The molecule has 0 bridgehead atoms. The first-order chi connectivity index (χ1) is 14.7. The molecule has 1 saturated heterocycles. The number of aromatic nitrogens is 1. The minimum atomic E-state index is -0.513. The zero-order chi connectivity index (χ0) is 22.2. The van der Waals surface area contributed by atoms with E-state index in [1.807, 2.05) is 32.0 Å². The number of rotatable bonds is 3. The normalized spacial score (nSPS) is 20.1. The Labute approximate surface area is 180 Å². The molecule has 1 fully saturated rings. The van der Waals surface area contributed by atoms with Crippen molar-refractivity contribution in [1.29, 1.82) is 0 Å². The van der Waals surface area contributed by atoms with Crippen molar-refractivity contribution in [2.75, 3.05) is 13.1 Å². The number of carbonyl (C=O) groups excluding carboxylic acids is 3. The lowest BCUT2D eigenvalue weighted by atomic mass is 9.75. The van der Waals surface area contributed by atoms with Crippen LogP contribution in [0.4, 0.5) is 0 Å². The number of likely N-dealkylation sites (tertiary alicyclic amines) is 1. The highest BCUT2D eigenvalue weighted by atomic mass is 16.2. The smallest absolute Gasteiger partial charge is 0.261 e. The average molecular weight is 421 g/mol. The number of hydrogen-bond acceptors (Lipinski definition) is 4. The molecule has 2 N–H and O–H groups in total. The lowest BCUT2D eigenvalue weighted by Gasteiger charge is -2.33. The molecule has 1 atom stereocenters. The van der Waals surface area contributed by atoms with Gasteiger partial charge in [-0.05, 0) is 42.9 Å². The number of nitrogens with zero attached hydrogens (tertiary/aromatic N) is 1. The van der Waals surface area contributed by atoms with Crippen molar-refractivity contribution < 1.29 is 14.4 Å². The first-order valence-electron chi connectivity index (χ1n) is 10.7. The molecule has 0 radical (unpaired) electrons. The predicted octanol–water partition coefficient (Wildman–Crippen LogP) is 2.56. The van der Waals surface area contributed by atoms with E-state index in [2.05, 4.69) is 10.3 Å². The number of fused-ring (bicyclic) bond motifs is 1. The van der Waals surface area contributed by atoms with Gasteiger partial charge in [-0.3, -0.25) is 19.2 Å². The molecule has 1 unspecified atom stereocenters. The molecule has 2 heterocycles. The number of H-pyrrole nitrogens is 1. The summed E-state index contributed by atoms with van der Waals surface area (Å²) >= 11 is 0. The van der Waals surface area contributed by atoms with Crippen molar-refractivity contribution in [3.63, 3.8) is 0 Å². The molecule has 0 saturated carbocycles. The van der Waals surface area contributed by atoms with Gasteiger partial charge in [0.25, 0.3) is 17.4 Å². The fourth-order valence-corrected chi connectivity index (χ4v) is 4.50. The summed E-state index contributed by atoms with van der Waals surface area (Å²) in [5.74, 6) is -0.645. The van der Waals surface area contributed by atoms with Gasteiger partial charge in [-0.15, -0.1) is 0 Å². The number of amides is 2. The van der Waals surface area contributed by atoms with E-state index in [0.717, 1.165) is 12.8 Å². The number of benzene rings is 1. The third-order valence-corrected chi connectivity index (χ3v) is 6.03. The van der Waals surface area contributed by atoms with Crippen molar-refractivity contribution in [3.05, 3.63) is 69.1 Å². The molecule has 4 rings (SSSR count). The first-order valence-corrected chi connectivity index (χ1v) is 10.7. The SMILES string of the molecule is CC1(C)CC(=O)c2cc(C(=O)NC3CCCN(C(=O)c4ccccc4)C3)c(=O)[nH]c2C1. The Balaban J connectivity index is 1.48. The molecular weight excluding hydrogens is 394 g/mol. The van der Waals surface area contributed by atoms with Gasteiger partial charge in [0.05, 0.1) is 0 Å². The van der Waals surface area contributed by atoms with Gasteiger partial charge in [0.2, 0.25) is 0 Å². The number of pyridine rings is 1. The molecule has 31 heavy (non-hydrogen) atoms. The highest BCUT2D eigenvalue weighted by Crippen LogP contribution is 2.33. The largest absolute Gasteiger partial charge is 0.347 e. The van der Waals surface area contributed by atoms with Gasteiger partial charge in [-0.2, -0.15) is 0 Å². The molecule has 7 nitrogen and oxygen atoms in total. The van der Waals surface area contributed by atoms with Crippen molar-refractivity contribution in [3.8, 4) is 0 Å². The van der Waals surface area contributed by atoms with E-state index in [0.29, 0.717) is 42.8 Å². The van der Waals surface area contributed by atoms with Gasteiger partial charge in [0, 0.05) is 42.4 Å². The summed E-state index contributed by atoms with van der Waals surface area (Å²) in [5, 5.41) is 2.89.